The number of thioether (sulfide) groups is 1. The van der Waals surface area contributed by atoms with Crippen LogP contribution < -0.4 is 0 Å². The van der Waals surface area contributed by atoms with Gasteiger partial charge in [-0.1, -0.05) is 30.5 Å². The van der Waals surface area contributed by atoms with Gasteiger partial charge in [0.15, 0.2) is 0 Å². The van der Waals surface area contributed by atoms with Crippen molar-refractivity contribution in [2.45, 2.75) is 13.8 Å². The number of hydrogen-bond donors (Lipinski definition) is 0. The van der Waals surface area contributed by atoms with E-state index >= 15 is 0 Å². The molecule has 0 aliphatic rings. The fourth-order valence-corrected chi connectivity index (χ4v) is 1.74. The second-order valence-corrected chi connectivity index (χ2v) is 4.52. The molecule has 0 unspecified atom stereocenters. The molecule has 0 atom stereocenters. The van der Waals surface area contributed by atoms with Crippen molar-refractivity contribution in [2.24, 2.45) is 4.99 Å². The second-order valence-electron chi connectivity index (χ2n) is 3.23. The van der Waals surface area contributed by atoms with E-state index in [9.17, 15) is 4.39 Å². The number of aliphatic imine (C=N–C) groups is 1. The van der Waals surface area contributed by atoms with Crippen molar-refractivity contribution in [3.8, 4) is 0 Å². The molecule has 0 heterocycles. The maximum absolute atomic E-state index is 13.3. The average Bonchev–Trinajstić information content (AvgIpc) is 2.21. The third-order valence-corrected chi connectivity index (χ3v) is 3.04. The van der Waals surface area contributed by atoms with Crippen LogP contribution in [0.1, 0.15) is 18.1 Å². The Morgan fingerprint density at radius 1 is 1.47 bits per heavy atom. The van der Waals surface area contributed by atoms with Gasteiger partial charge in [-0.2, -0.15) is 0 Å². The highest BCUT2D eigenvalue weighted by molar-refractivity contribution is 8.21. The summed E-state index contributed by atoms with van der Waals surface area (Å²) in [5.74, 6) is -0.194. The van der Waals surface area contributed by atoms with Gasteiger partial charge < -0.3 is 0 Å². The summed E-state index contributed by atoms with van der Waals surface area (Å²) in [4.78, 5) is 4.84. The van der Waals surface area contributed by atoms with Gasteiger partial charge in [0.25, 0.3) is 0 Å². The third kappa shape index (κ3) is 3.20. The number of aryl methyl sites for hydroxylation is 1. The molecule has 0 fully saturated rings. The van der Waals surface area contributed by atoms with Crippen molar-refractivity contribution in [2.75, 3.05) is 7.05 Å². The molecule has 0 radical (unpaired) electrons. The van der Waals surface area contributed by atoms with Crippen LogP contribution in [0.4, 0.5) is 4.39 Å². The summed E-state index contributed by atoms with van der Waals surface area (Å²) < 4.78 is 13.3. The highest BCUT2D eigenvalue weighted by Crippen LogP contribution is 2.27. The van der Waals surface area contributed by atoms with Crippen LogP contribution in [0.25, 0.3) is 4.91 Å². The van der Waals surface area contributed by atoms with E-state index in [1.54, 1.807) is 20.0 Å². The SMILES string of the molecule is C=C(SC(C)=NC)c1ccc(C)c(F)c1. The zero-order valence-electron chi connectivity index (χ0n) is 9.17. The molecule has 0 bridgehead atoms. The highest BCUT2D eigenvalue weighted by Gasteiger charge is 2.04. The molecule has 1 nitrogen and oxygen atoms in total. The van der Waals surface area contributed by atoms with E-state index in [-0.39, 0.29) is 5.82 Å². The topological polar surface area (TPSA) is 12.4 Å². The molecule has 0 saturated carbocycles. The summed E-state index contributed by atoms with van der Waals surface area (Å²) >= 11 is 1.46. The number of hydrogen-bond acceptors (Lipinski definition) is 2. The maximum Gasteiger partial charge on any atom is 0.126 e. The van der Waals surface area contributed by atoms with Crippen LogP contribution in [0.5, 0.6) is 0 Å². The molecule has 0 aromatic heterocycles. The van der Waals surface area contributed by atoms with Gasteiger partial charge in [-0.05, 0) is 31.0 Å². The first-order valence-electron chi connectivity index (χ1n) is 4.61. The molecule has 80 valence electrons. The molecule has 15 heavy (non-hydrogen) atoms. The lowest BCUT2D eigenvalue weighted by atomic mass is 10.1. The van der Waals surface area contributed by atoms with Crippen molar-refractivity contribution >= 4 is 21.7 Å². The van der Waals surface area contributed by atoms with E-state index in [1.165, 1.54) is 17.8 Å². The first-order valence-corrected chi connectivity index (χ1v) is 5.43. The zero-order valence-corrected chi connectivity index (χ0v) is 9.99. The minimum atomic E-state index is -0.194. The molecule has 0 amide bonds. The molecule has 0 aliphatic heterocycles. The minimum absolute atomic E-state index is 0.194. The summed E-state index contributed by atoms with van der Waals surface area (Å²) in [6.07, 6.45) is 0. The lowest BCUT2D eigenvalue weighted by Crippen LogP contribution is -1.88. The predicted octanol–water partition coefficient (Wildman–Crippen LogP) is 3.89. The molecule has 0 spiro atoms. The van der Waals surface area contributed by atoms with Gasteiger partial charge in [-0.15, -0.1) is 0 Å². The van der Waals surface area contributed by atoms with Gasteiger partial charge >= 0.3 is 0 Å². The number of nitrogens with zero attached hydrogens (tertiary/aromatic N) is 1. The Morgan fingerprint density at radius 3 is 2.67 bits per heavy atom. The van der Waals surface area contributed by atoms with Crippen LogP contribution in [0.2, 0.25) is 0 Å². The Hall–Kier alpha value is -1.09. The molecule has 0 saturated heterocycles. The van der Waals surface area contributed by atoms with Crippen LogP contribution in [0.15, 0.2) is 29.8 Å². The molecular formula is C12H14FNS. The first kappa shape index (κ1) is 12.0. The molecule has 0 aliphatic carbocycles. The Morgan fingerprint density at radius 2 is 2.13 bits per heavy atom. The van der Waals surface area contributed by atoms with E-state index in [0.29, 0.717) is 5.56 Å². The van der Waals surface area contributed by atoms with E-state index in [1.807, 2.05) is 13.0 Å². The van der Waals surface area contributed by atoms with Crippen LogP contribution in [0, 0.1) is 12.7 Å². The van der Waals surface area contributed by atoms with Gasteiger partial charge in [0.05, 0.1) is 5.04 Å². The lowest BCUT2D eigenvalue weighted by molar-refractivity contribution is 0.618. The normalized spacial score (nSPS) is 11.6. The van der Waals surface area contributed by atoms with Gasteiger partial charge in [0.1, 0.15) is 5.82 Å². The van der Waals surface area contributed by atoms with Crippen molar-refractivity contribution in [1.82, 2.24) is 0 Å². The van der Waals surface area contributed by atoms with Crippen LogP contribution in [-0.2, 0) is 0 Å². The van der Waals surface area contributed by atoms with E-state index in [4.69, 9.17) is 0 Å². The second kappa shape index (κ2) is 5.12. The summed E-state index contributed by atoms with van der Waals surface area (Å²) in [5.41, 5.74) is 1.46. The van der Waals surface area contributed by atoms with Crippen molar-refractivity contribution < 1.29 is 4.39 Å². The van der Waals surface area contributed by atoms with Gasteiger partial charge in [0.2, 0.25) is 0 Å². The lowest BCUT2D eigenvalue weighted by Gasteiger charge is -2.06. The fraction of sp³-hybridized carbons (Fsp3) is 0.250. The first-order chi connectivity index (χ1) is 7.04. The smallest absolute Gasteiger partial charge is 0.126 e. The number of halogens is 1. The molecule has 3 heteroatoms. The highest BCUT2D eigenvalue weighted by atomic mass is 32.2. The van der Waals surface area contributed by atoms with Crippen molar-refractivity contribution in [1.29, 1.82) is 0 Å². The van der Waals surface area contributed by atoms with Crippen molar-refractivity contribution in [3.05, 3.63) is 41.7 Å². The maximum atomic E-state index is 13.3. The van der Waals surface area contributed by atoms with E-state index in [2.05, 4.69) is 11.6 Å². The van der Waals surface area contributed by atoms with Crippen LogP contribution in [0.3, 0.4) is 0 Å². The predicted molar refractivity (Wildman–Crippen MR) is 66.8 cm³/mol. The monoisotopic (exact) mass is 223 g/mol. The summed E-state index contributed by atoms with van der Waals surface area (Å²) in [5, 5.41) is 0.918. The average molecular weight is 223 g/mol. The Kier molecular flexibility index (Phi) is 4.09. The Labute approximate surface area is 94.1 Å². The van der Waals surface area contributed by atoms with Gasteiger partial charge in [-0.25, -0.2) is 4.39 Å². The number of rotatable bonds is 2. The Bertz CT molecular complexity index is 410. The summed E-state index contributed by atoms with van der Waals surface area (Å²) in [6.45, 7) is 7.55. The van der Waals surface area contributed by atoms with Crippen LogP contribution >= 0.6 is 11.8 Å². The van der Waals surface area contributed by atoms with E-state index < -0.39 is 0 Å². The van der Waals surface area contributed by atoms with Gasteiger partial charge in [0, 0.05) is 12.0 Å². The van der Waals surface area contributed by atoms with Gasteiger partial charge in [-0.3, -0.25) is 4.99 Å². The third-order valence-electron chi connectivity index (χ3n) is 2.08. The van der Waals surface area contributed by atoms with Crippen molar-refractivity contribution in [3.63, 3.8) is 0 Å². The summed E-state index contributed by atoms with van der Waals surface area (Å²) in [7, 11) is 1.73. The Balaban J connectivity index is 2.88. The molecule has 1 rings (SSSR count). The standard InChI is InChI=1S/C12H14FNS/c1-8-5-6-11(7-12(8)13)9(2)15-10(3)14-4/h5-7H,2H2,1,3-4H3. The van der Waals surface area contributed by atoms with E-state index in [0.717, 1.165) is 15.5 Å². The summed E-state index contributed by atoms with van der Waals surface area (Å²) in [6, 6.07) is 5.14. The quantitative estimate of drug-likeness (QED) is 0.547. The molecular weight excluding hydrogens is 209 g/mol. The van der Waals surface area contributed by atoms with Crippen LogP contribution in [-0.4, -0.2) is 12.1 Å². The number of benzene rings is 1. The molecule has 1 aromatic carbocycles. The minimum Gasteiger partial charge on any atom is -0.286 e. The molecule has 0 N–H and O–H groups in total. The molecule has 1 aromatic rings. The largest absolute Gasteiger partial charge is 0.286 e. The fourth-order valence-electron chi connectivity index (χ4n) is 1.05. The zero-order chi connectivity index (χ0) is 11.4.